The van der Waals surface area contributed by atoms with Crippen LogP contribution < -0.4 is 21.3 Å². The Morgan fingerprint density at radius 1 is 1.29 bits per heavy atom. The number of nitrogens with one attached hydrogen (secondary N) is 2. The minimum atomic E-state index is -0.618. The summed E-state index contributed by atoms with van der Waals surface area (Å²) < 4.78 is 13.6. The maximum absolute atomic E-state index is 12.5. The van der Waals surface area contributed by atoms with Gasteiger partial charge in [-0.15, -0.1) is 0 Å². The number of rotatable bonds is 6. The summed E-state index contributed by atoms with van der Waals surface area (Å²) in [5, 5.41) is 2.65. The van der Waals surface area contributed by atoms with Gasteiger partial charge in [0.2, 0.25) is 0 Å². The molecule has 162 valence electrons. The van der Waals surface area contributed by atoms with Crippen LogP contribution >= 0.6 is 0 Å². The molecule has 0 spiro atoms. The number of aromatic nitrogens is 4. The first-order valence-corrected chi connectivity index (χ1v) is 9.81. The molecule has 2 aromatic heterocycles. The molecular weight excluding hydrogens is 406 g/mol. The molecule has 4 rings (SSSR count). The Hall–Kier alpha value is -3.89. The van der Waals surface area contributed by atoms with Gasteiger partial charge < -0.3 is 19.4 Å². The molecule has 2 N–H and O–H groups in total. The van der Waals surface area contributed by atoms with Gasteiger partial charge in [-0.2, -0.15) is 0 Å². The summed E-state index contributed by atoms with van der Waals surface area (Å²) in [6, 6.07) is 4.56. The Kier molecular flexibility index (Phi) is 5.32. The van der Waals surface area contributed by atoms with Crippen LogP contribution in [0.5, 0.6) is 5.75 Å². The Bertz CT molecular complexity index is 1300. The number of carbonyl (C=O) groups is 2. The van der Waals surface area contributed by atoms with Crippen LogP contribution in [0.4, 0.5) is 5.69 Å². The van der Waals surface area contributed by atoms with Gasteiger partial charge in [-0.3, -0.25) is 19.1 Å². The van der Waals surface area contributed by atoms with E-state index >= 15 is 0 Å². The number of H-pyrrole nitrogens is 1. The number of fused-ring (bicyclic) bond motifs is 2. The van der Waals surface area contributed by atoms with Gasteiger partial charge in [-0.1, -0.05) is 13.3 Å². The first kappa shape index (κ1) is 20.4. The third-order valence-electron chi connectivity index (χ3n) is 5.02. The number of anilines is 1. The molecule has 0 saturated heterocycles. The lowest BCUT2D eigenvalue weighted by Gasteiger charge is -2.18. The summed E-state index contributed by atoms with van der Waals surface area (Å²) >= 11 is 0. The number of aromatic amines is 1. The maximum atomic E-state index is 12.5. The van der Waals surface area contributed by atoms with Gasteiger partial charge >= 0.3 is 11.7 Å². The van der Waals surface area contributed by atoms with Gasteiger partial charge in [0.15, 0.2) is 17.8 Å². The number of hydrogen-bond acceptors (Lipinski definition) is 7. The molecule has 0 saturated carbocycles. The summed E-state index contributed by atoms with van der Waals surface area (Å²) in [6.45, 7) is 2.10. The first-order chi connectivity index (χ1) is 14.9. The van der Waals surface area contributed by atoms with E-state index in [9.17, 15) is 19.2 Å². The molecule has 1 aliphatic heterocycles. The number of imidazole rings is 1. The zero-order valence-electron chi connectivity index (χ0n) is 17.1. The second-order valence-electron chi connectivity index (χ2n) is 7.15. The Labute approximate surface area is 175 Å². The van der Waals surface area contributed by atoms with Crippen LogP contribution in [-0.4, -0.2) is 37.6 Å². The van der Waals surface area contributed by atoms with E-state index in [1.54, 1.807) is 13.1 Å². The number of ether oxygens (including phenoxy) is 2. The number of amides is 1. The highest BCUT2D eigenvalue weighted by Crippen LogP contribution is 2.28. The molecule has 3 aromatic rings. The van der Waals surface area contributed by atoms with Gasteiger partial charge in [0, 0.05) is 13.6 Å². The van der Waals surface area contributed by atoms with Crippen molar-refractivity contribution in [2.45, 2.75) is 32.9 Å². The lowest BCUT2D eigenvalue weighted by Crippen LogP contribution is -2.31. The minimum Gasteiger partial charge on any atom is -0.482 e. The molecular formula is C20H21N5O6. The number of carbonyl (C=O) groups excluding carboxylic acids is 2. The van der Waals surface area contributed by atoms with E-state index in [1.807, 2.05) is 6.92 Å². The lowest BCUT2D eigenvalue weighted by molar-refractivity contribution is -0.118. The number of nitrogens with zero attached hydrogens (tertiary/aromatic N) is 3. The van der Waals surface area contributed by atoms with Crippen LogP contribution in [-0.2, 0) is 29.7 Å². The van der Waals surface area contributed by atoms with Crippen molar-refractivity contribution in [1.82, 2.24) is 19.1 Å². The van der Waals surface area contributed by atoms with Crippen molar-refractivity contribution < 1.29 is 19.1 Å². The van der Waals surface area contributed by atoms with Gasteiger partial charge in [-0.25, -0.2) is 14.6 Å². The molecule has 11 heteroatoms. The Morgan fingerprint density at radius 3 is 2.87 bits per heavy atom. The highest BCUT2D eigenvalue weighted by Gasteiger charge is 2.20. The Morgan fingerprint density at radius 2 is 2.10 bits per heavy atom. The summed E-state index contributed by atoms with van der Waals surface area (Å²) in [6.07, 6.45) is 1.63. The number of hydrogen-bond donors (Lipinski definition) is 2. The van der Waals surface area contributed by atoms with Crippen LogP contribution in [0, 0.1) is 0 Å². The predicted molar refractivity (Wildman–Crippen MR) is 110 cm³/mol. The molecule has 0 aliphatic carbocycles. The van der Waals surface area contributed by atoms with Crippen LogP contribution in [0.15, 0.2) is 27.8 Å². The fraction of sp³-hybridized carbons (Fsp3) is 0.350. The van der Waals surface area contributed by atoms with E-state index in [0.29, 0.717) is 23.8 Å². The molecule has 0 unspecified atom stereocenters. The summed E-state index contributed by atoms with van der Waals surface area (Å²) in [5.74, 6) is -0.181. The number of esters is 1. The number of benzene rings is 1. The quantitative estimate of drug-likeness (QED) is 0.558. The zero-order valence-corrected chi connectivity index (χ0v) is 17.1. The second kappa shape index (κ2) is 8.09. The van der Waals surface area contributed by atoms with Crippen molar-refractivity contribution in [2.75, 3.05) is 11.9 Å². The molecule has 1 aromatic carbocycles. The molecule has 31 heavy (non-hydrogen) atoms. The van der Waals surface area contributed by atoms with Gasteiger partial charge in [0.1, 0.15) is 18.2 Å². The fourth-order valence-electron chi connectivity index (χ4n) is 3.36. The topological polar surface area (TPSA) is 137 Å². The number of unbranched alkanes of at least 4 members (excludes halogenated alkanes) is 1. The molecule has 3 heterocycles. The summed E-state index contributed by atoms with van der Waals surface area (Å²) in [5.41, 5.74) is 0.148. The van der Waals surface area contributed by atoms with Crippen molar-refractivity contribution in [2.24, 2.45) is 7.05 Å². The van der Waals surface area contributed by atoms with Crippen molar-refractivity contribution in [1.29, 1.82) is 0 Å². The predicted octanol–water partition coefficient (Wildman–Crippen LogP) is 0.911. The molecule has 0 fully saturated rings. The van der Waals surface area contributed by atoms with Crippen molar-refractivity contribution in [3.8, 4) is 5.75 Å². The molecule has 11 nitrogen and oxygen atoms in total. The van der Waals surface area contributed by atoms with Gasteiger partial charge in [0.05, 0.1) is 11.3 Å². The standard InChI is InChI=1S/C20H21N5O6/c1-3-4-7-25-17-16(18(27)23-20(25)29)24(2)14(22-17)9-31-19(28)11-5-6-12-13(8-11)30-10-15(26)21-12/h5-6,8H,3-4,7,9-10H2,1-2H3,(H,21,26)(H,23,27,29). The largest absolute Gasteiger partial charge is 0.482 e. The summed E-state index contributed by atoms with van der Waals surface area (Å²) in [7, 11) is 1.62. The van der Waals surface area contributed by atoms with Crippen LogP contribution in [0.1, 0.15) is 35.9 Å². The van der Waals surface area contributed by atoms with Crippen LogP contribution in [0.25, 0.3) is 11.2 Å². The average molecular weight is 427 g/mol. The third kappa shape index (κ3) is 3.81. The van der Waals surface area contributed by atoms with E-state index in [2.05, 4.69) is 15.3 Å². The fourth-order valence-corrected chi connectivity index (χ4v) is 3.36. The SMILES string of the molecule is CCCCn1c(=O)[nH]c(=O)c2c1nc(COC(=O)c1ccc3c(c1)OCC(=O)N3)n2C. The molecule has 0 radical (unpaired) electrons. The van der Waals surface area contributed by atoms with Crippen molar-refractivity contribution >= 4 is 28.7 Å². The van der Waals surface area contributed by atoms with Gasteiger partial charge in [0.25, 0.3) is 11.5 Å². The minimum absolute atomic E-state index is 0.125. The lowest BCUT2D eigenvalue weighted by atomic mass is 10.1. The maximum Gasteiger partial charge on any atom is 0.338 e. The average Bonchev–Trinajstić information content (AvgIpc) is 3.08. The van der Waals surface area contributed by atoms with E-state index in [1.165, 1.54) is 21.3 Å². The van der Waals surface area contributed by atoms with Crippen molar-refractivity contribution in [3.05, 3.63) is 50.4 Å². The normalized spacial score (nSPS) is 12.9. The van der Waals surface area contributed by atoms with Gasteiger partial charge in [-0.05, 0) is 24.6 Å². The zero-order chi connectivity index (χ0) is 22.1. The third-order valence-corrected chi connectivity index (χ3v) is 5.02. The highest BCUT2D eigenvalue weighted by molar-refractivity contribution is 5.97. The molecule has 1 aliphatic rings. The molecule has 1 amide bonds. The van der Waals surface area contributed by atoms with Crippen LogP contribution in [0.2, 0.25) is 0 Å². The van der Waals surface area contributed by atoms with Crippen molar-refractivity contribution in [3.63, 3.8) is 0 Å². The monoisotopic (exact) mass is 427 g/mol. The van der Waals surface area contributed by atoms with E-state index < -0.39 is 17.2 Å². The van der Waals surface area contributed by atoms with E-state index in [-0.39, 0.29) is 35.8 Å². The number of aryl methyl sites for hydroxylation is 2. The molecule has 0 bridgehead atoms. The highest BCUT2D eigenvalue weighted by atomic mass is 16.5. The summed E-state index contributed by atoms with van der Waals surface area (Å²) in [4.78, 5) is 55.0. The second-order valence-corrected chi connectivity index (χ2v) is 7.15. The van der Waals surface area contributed by atoms with E-state index in [4.69, 9.17) is 9.47 Å². The van der Waals surface area contributed by atoms with Crippen LogP contribution in [0.3, 0.4) is 0 Å². The Balaban J connectivity index is 1.58. The first-order valence-electron chi connectivity index (χ1n) is 9.81. The van der Waals surface area contributed by atoms with E-state index in [0.717, 1.165) is 12.8 Å². The smallest absolute Gasteiger partial charge is 0.338 e. The molecule has 0 atom stereocenters.